The smallest absolute Gasteiger partial charge is 0.0302 e. The normalized spacial score (nSPS) is 24.2. The van der Waals surface area contributed by atoms with Gasteiger partial charge in [-0.25, -0.2) is 0 Å². The van der Waals surface area contributed by atoms with Gasteiger partial charge in [0.25, 0.3) is 0 Å². The van der Waals surface area contributed by atoms with E-state index in [2.05, 4.69) is 30.1 Å². The molecule has 0 amide bonds. The average molecular weight is 292 g/mol. The van der Waals surface area contributed by atoms with Gasteiger partial charge in [0.2, 0.25) is 0 Å². The van der Waals surface area contributed by atoms with Gasteiger partial charge in [0, 0.05) is 34.9 Å². The number of likely N-dealkylation sites (tertiary alicyclic amines) is 1. The van der Waals surface area contributed by atoms with E-state index in [4.69, 9.17) is 0 Å². The predicted molar refractivity (Wildman–Crippen MR) is 87.3 cm³/mol. The number of piperidine rings is 1. The molecule has 0 spiro atoms. The maximum absolute atomic E-state index is 3.63. The summed E-state index contributed by atoms with van der Waals surface area (Å²) in [7, 11) is 0. The first-order chi connectivity index (χ1) is 9.76. The maximum atomic E-state index is 3.63. The summed E-state index contributed by atoms with van der Waals surface area (Å²) in [6.07, 6.45) is 8.27. The molecule has 1 unspecified atom stereocenters. The quantitative estimate of drug-likeness (QED) is 0.850. The summed E-state index contributed by atoms with van der Waals surface area (Å²) < 4.78 is 0. The van der Waals surface area contributed by atoms with E-state index in [1.165, 1.54) is 61.4 Å². The highest BCUT2D eigenvalue weighted by atomic mass is 32.1. The van der Waals surface area contributed by atoms with E-state index in [1.54, 1.807) is 5.56 Å². The Morgan fingerprint density at radius 3 is 2.90 bits per heavy atom. The van der Waals surface area contributed by atoms with Crippen LogP contribution in [0.3, 0.4) is 0 Å². The molecule has 112 valence electrons. The third kappa shape index (κ3) is 3.63. The molecular weight excluding hydrogens is 264 g/mol. The third-order valence-electron chi connectivity index (χ3n) is 4.81. The Hall–Kier alpha value is -0.380. The number of rotatable bonds is 6. The van der Waals surface area contributed by atoms with Gasteiger partial charge in [0.15, 0.2) is 0 Å². The van der Waals surface area contributed by atoms with Gasteiger partial charge in [-0.2, -0.15) is 0 Å². The van der Waals surface area contributed by atoms with Crippen molar-refractivity contribution in [3.8, 4) is 0 Å². The first-order valence-electron chi connectivity index (χ1n) is 8.32. The second-order valence-corrected chi connectivity index (χ2v) is 7.82. The van der Waals surface area contributed by atoms with Gasteiger partial charge in [-0.05, 0) is 57.2 Å². The zero-order valence-electron chi connectivity index (χ0n) is 13.0. The molecule has 2 aliphatic rings. The Kier molecular flexibility index (Phi) is 4.79. The molecule has 1 aliphatic heterocycles. The molecule has 2 nitrogen and oxygen atoms in total. The average Bonchev–Trinajstić information content (AvgIpc) is 3.23. The lowest BCUT2D eigenvalue weighted by molar-refractivity contribution is 0.136. The number of nitrogens with zero attached hydrogens (tertiary/aromatic N) is 1. The van der Waals surface area contributed by atoms with Gasteiger partial charge >= 0.3 is 0 Å². The van der Waals surface area contributed by atoms with Gasteiger partial charge < -0.3 is 5.32 Å². The molecule has 1 N–H and O–H groups in total. The topological polar surface area (TPSA) is 15.3 Å². The Labute approximate surface area is 127 Å². The molecule has 3 rings (SSSR count). The molecule has 0 aromatic carbocycles. The Balaban J connectivity index is 1.60. The van der Waals surface area contributed by atoms with Crippen LogP contribution in [-0.4, -0.2) is 23.5 Å². The van der Waals surface area contributed by atoms with Crippen molar-refractivity contribution in [2.24, 2.45) is 0 Å². The van der Waals surface area contributed by atoms with Crippen molar-refractivity contribution in [2.45, 2.75) is 77.5 Å². The van der Waals surface area contributed by atoms with Crippen molar-refractivity contribution in [3.63, 3.8) is 0 Å². The van der Waals surface area contributed by atoms with Crippen LogP contribution in [0.2, 0.25) is 0 Å². The van der Waals surface area contributed by atoms with Crippen LogP contribution in [0.1, 0.15) is 60.8 Å². The van der Waals surface area contributed by atoms with Gasteiger partial charge in [0.05, 0.1) is 0 Å². The minimum absolute atomic E-state index is 0.812. The molecule has 0 radical (unpaired) electrons. The highest BCUT2D eigenvalue weighted by Crippen LogP contribution is 2.28. The summed E-state index contributed by atoms with van der Waals surface area (Å²) in [5, 5.41) is 3.63. The Morgan fingerprint density at radius 1 is 1.30 bits per heavy atom. The lowest BCUT2D eigenvalue weighted by Crippen LogP contribution is -2.38. The first kappa shape index (κ1) is 14.6. The molecule has 2 heterocycles. The first-order valence-corrected chi connectivity index (χ1v) is 9.13. The Bertz CT molecular complexity index is 436. The zero-order valence-corrected chi connectivity index (χ0v) is 13.8. The molecule has 1 saturated heterocycles. The minimum Gasteiger partial charge on any atom is -0.309 e. The monoisotopic (exact) mass is 292 g/mol. The van der Waals surface area contributed by atoms with Crippen LogP contribution >= 0.6 is 11.3 Å². The lowest BCUT2D eigenvalue weighted by atomic mass is 9.99. The fraction of sp³-hybridized carbons (Fsp3) is 0.765. The minimum atomic E-state index is 0.812. The molecule has 0 bridgehead atoms. The standard InChI is InChI=1S/C17H28N2S/c1-3-16-6-4-5-9-19(16)12-14-10-17(20-13(14)2)11-18-15-7-8-15/h10,15-16,18H,3-9,11-12H2,1-2H3. The van der Waals surface area contributed by atoms with Crippen LogP contribution in [0.15, 0.2) is 6.07 Å². The maximum Gasteiger partial charge on any atom is 0.0302 e. The molecule has 2 fully saturated rings. The summed E-state index contributed by atoms with van der Waals surface area (Å²) in [6, 6.07) is 4.08. The fourth-order valence-electron chi connectivity index (χ4n) is 3.31. The second-order valence-electron chi connectivity index (χ2n) is 6.48. The summed E-state index contributed by atoms with van der Waals surface area (Å²) in [5.41, 5.74) is 1.57. The van der Waals surface area contributed by atoms with Crippen LogP contribution in [0.25, 0.3) is 0 Å². The van der Waals surface area contributed by atoms with Crippen LogP contribution in [0.5, 0.6) is 0 Å². The molecule has 3 heteroatoms. The molecule has 1 aromatic heterocycles. The molecule has 1 aromatic rings. The molecular formula is C17H28N2S. The molecule has 1 aliphatic carbocycles. The van der Waals surface area contributed by atoms with Crippen molar-refractivity contribution in [1.82, 2.24) is 10.2 Å². The van der Waals surface area contributed by atoms with Crippen LogP contribution < -0.4 is 5.32 Å². The summed E-state index contributed by atoms with van der Waals surface area (Å²) >= 11 is 1.99. The fourth-order valence-corrected chi connectivity index (χ4v) is 4.32. The van der Waals surface area contributed by atoms with Crippen molar-refractivity contribution < 1.29 is 0 Å². The number of thiophene rings is 1. The SMILES string of the molecule is CCC1CCCCN1Cc1cc(CNC2CC2)sc1C. The summed E-state index contributed by atoms with van der Waals surface area (Å²) in [5.74, 6) is 0. The predicted octanol–water partition coefficient (Wildman–Crippen LogP) is 4.07. The van der Waals surface area contributed by atoms with Gasteiger partial charge in [0.1, 0.15) is 0 Å². The van der Waals surface area contributed by atoms with Gasteiger partial charge in [-0.15, -0.1) is 11.3 Å². The highest BCUT2D eigenvalue weighted by Gasteiger charge is 2.23. The van der Waals surface area contributed by atoms with E-state index >= 15 is 0 Å². The van der Waals surface area contributed by atoms with Crippen LogP contribution in [0.4, 0.5) is 0 Å². The van der Waals surface area contributed by atoms with E-state index in [-0.39, 0.29) is 0 Å². The number of aryl methyl sites for hydroxylation is 1. The second kappa shape index (κ2) is 6.59. The number of hydrogen-bond donors (Lipinski definition) is 1. The van der Waals surface area contributed by atoms with E-state index in [0.29, 0.717) is 0 Å². The van der Waals surface area contributed by atoms with E-state index < -0.39 is 0 Å². The van der Waals surface area contributed by atoms with Crippen molar-refractivity contribution in [2.75, 3.05) is 6.54 Å². The third-order valence-corrected chi connectivity index (χ3v) is 5.90. The number of nitrogens with one attached hydrogen (secondary N) is 1. The van der Waals surface area contributed by atoms with Gasteiger partial charge in [-0.1, -0.05) is 13.3 Å². The largest absolute Gasteiger partial charge is 0.309 e. The Morgan fingerprint density at radius 2 is 2.15 bits per heavy atom. The molecule has 1 saturated carbocycles. The van der Waals surface area contributed by atoms with Gasteiger partial charge in [-0.3, -0.25) is 4.90 Å². The van der Waals surface area contributed by atoms with Crippen LogP contribution in [-0.2, 0) is 13.1 Å². The van der Waals surface area contributed by atoms with Crippen molar-refractivity contribution in [3.05, 3.63) is 21.4 Å². The van der Waals surface area contributed by atoms with Crippen LogP contribution in [0, 0.1) is 6.92 Å². The summed E-state index contributed by atoms with van der Waals surface area (Å²) in [6.45, 7) is 8.18. The highest BCUT2D eigenvalue weighted by molar-refractivity contribution is 7.12. The lowest BCUT2D eigenvalue weighted by Gasteiger charge is -2.35. The number of hydrogen-bond acceptors (Lipinski definition) is 3. The van der Waals surface area contributed by atoms with Crippen molar-refractivity contribution >= 4 is 11.3 Å². The molecule has 20 heavy (non-hydrogen) atoms. The van der Waals surface area contributed by atoms with E-state index in [1.807, 2.05) is 11.3 Å². The van der Waals surface area contributed by atoms with E-state index in [9.17, 15) is 0 Å². The summed E-state index contributed by atoms with van der Waals surface area (Å²) in [4.78, 5) is 5.77. The van der Waals surface area contributed by atoms with Crippen molar-refractivity contribution in [1.29, 1.82) is 0 Å². The zero-order chi connectivity index (χ0) is 13.9. The van der Waals surface area contributed by atoms with E-state index in [0.717, 1.165) is 18.6 Å². The molecule has 1 atom stereocenters.